The van der Waals surface area contributed by atoms with Gasteiger partial charge in [0.25, 0.3) is 0 Å². The standard InChI is InChI=1S/C7H12N4O4/c1-2-3-15-5(12)4(10-6(8)13)11-7(9)14/h2,4H,1,3H2,(H3,8,10,13)(H3,9,11,14). The molecule has 8 heteroatoms. The maximum atomic E-state index is 11.2. The Hall–Kier alpha value is -2.25. The first kappa shape index (κ1) is 12.8. The van der Waals surface area contributed by atoms with Crippen LogP contribution in [0, 0.1) is 0 Å². The smallest absolute Gasteiger partial charge is 0.350 e. The molecule has 0 atom stereocenters. The highest BCUT2D eigenvalue weighted by Crippen LogP contribution is 1.86. The molecule has 6 N–H and O–H groups in total. The number of urea groups is 2. The fourth-order valence-corrected chi connectivity index (χ4v) is 0.663. The average Bonchev–Trinajstić information content (AvgIpc) is 2.11. The van der Waals surface area contributed by atoms with Gasteiger partial charge in [0.1, 0.15) is 6.61 Å². The van der Waals surface area contributed by atoms with Crippen LogP contribution in [0.25, 0.3) is 0 Å². The molecule has 15 heavy (non-hydrogen) atoms. The number of primary amides is 2. The number of hydrogen-bond donors (Lipinski definition) is 4. The molecule has 0 aromatic heterocycles. The molecule has 0 aromatic rings. The molecule has 0 rings (SSSR count). The summed E-state index contributed by atoms with van der Waals surface area (Å²) >= 11 is 0. The molecule has 8 nitrogen and oxygen atoms in total. The number of amides is 4. The molecule has 0 aliphatic carbocycles. The van der Waals surface area contributed by atoms with E-state index < -0.39 is 24.2 Å². The van der Waals surface area contributed by atoms with Crippen molar-refractivity contribution >= 4 is 18.0 Å². The minimum Gasteiger partial charge on any atom is -0.459 e. The van der Waals surface area contributed by atoms with Gasteiger partial charge in [0, 0.05) is 0 Å². The minimum absolute atomic E-state index is 0.0593. The molecule has 4 amide bonds. The molecule has 0 radical (unpaired) electrons. The lowest BCUT2D eigenvalue weighted by Crippen LogP contribution is -2.56. The molecule has 0 saturated heterocycles. The van der Waals surface area contributed by atoms with E-state index in [-0.39, 0.29) is 6.61 Å². The van der Waals surface area contributed by atoms with E-state index in [4.69, 9.17) is 11.5 Å². The second-order valence-electron chi connectivity index (χ2n) is 2.37. The van der Waals surface area contributed by atoms with Gasteiger partial charge in [-0.2, -0.15) is 0 Å². The summed E-state index contributed by atoms with van der Waals surface area (Å²) in [5.74, 6) is -0.896. The van der Waals surface area contributed by atoms with Crippen molar-refractivity contribution in [2.75, 3.05) is 6.61 Å². The molecule has 0 unspecified atom stereocenters. The van der Waals surface area contributed by atoms with E-state index in [2.05, 4.69) is 11.3 Å². The van der Waals surface area contributed by atoms with E-state index in [1.807, 2.05) is 10.6 Å². The van der Waals surface area contributed by atoms with E-state index >= 15 is 0 Å². The van der Waals surface area contributed by atoms with Gasteiger partial charge < -0.3 is 26.8 Å². The number of rotatable bonds is 5. The topological polar surface area (TPSA) is 137 Å². The fourth-order valence-electron chi connectivity index (χ4n) is 0.663. The number of ether oxygens (including phenoxy) is 1. The summed E-state index contributed by atoms with van der Waals surface area (Å²) in [6.45, 7) is 3.25. The zero-order valence-electron chi connectivity index (χ0n) is 7.86. The molecule has 0 aromatic carbocycles. The van der Waals surface area contributed by atoms with E-state index in [1.54, 1.807) is 0 Å². The highest BCUT2D eigenvalue weighted by Gasteiger charge is 2.21. The Kier molecular flexibility index (Phi) is 5.31. The summed E-state index contributed by atoms with van der Waals surface area (Å²) in [5.41, 5.74) is 9.53. The highest BCUT2D eigenvalue weighted by molar-refractivity contribution is 5.86. The van der Waals surface area contributed by atoms with Crippen molar-refractivity contribution in [3.8, 4) is 0 Å². The van der Waals surface area contributed by atoms with E-state index in [0.29, 0.717) is 0 Å². The Labute approximate surface area is 85.6 Å². The van der Waals surface area contributed by atoms with Crippen LogP contribution in [0.2, 0.25) is 0 Å². The van der Waals surface area contributed by atoms with Crippen molar-refractivity contribution in [3.05, 3.63) is 12.7 Å². The van der Waals surface area contributed by atoms with Gasteiger partial charge in [0.05, 0.1) is 0 Å². The predicted molar refractivity (Wildman–Crippen MR) is 50.4 cm³/mol. The Morgan fingerprint density at radius 3 is 2.07 bits per heavy atom. The summed E-state index contributed by atoms with van der Waals surface area (Å²) < 4.78 is 4.56. The van der Waals surface area contributed by atoms with Crippen molar-refractivity contribution in [1.82, 2.24) is 10.6 Å². The second-order valence-corrected chi connectivity index (χ2v) is 2.37. The quantitative estimate of drug-likeness (QED) is 0.249. The summed E-state index contributed by atoms with van der Waals surface area (Å²) in [6.07, 6.45) is -0.0799. The van der Waals surface area contributed by atoms with Crippen LogP contribution in [0.1, 0.15) is 0 Å². The second kappa shape index (κ2) is 6.24. The minimum atomic E-state index is -1.40. The summed E-state index contributed by atoms with van der Waals surface area (Å²) in [5, 5.41) is 3.88. The van der Waals surface area contributed by atoms with Crippen molar-refractivity contribution in [2.45, 2.75) is 6.17 Å². The first-order valence-electron chi connectivity index (χ1n) is 3.87. The average molecular weight is 216 g/mol. The van der Waals surface area contributed by atoms with Crippen molar-refractivity contribution in [1.29, 1.82) is 0 Å². The molecule has 0 spiro atoms. The van der Waals surface area contributed by atoms with Gasteiger partial charge >= 0.3 is 18.0 Å². The van der Waals surface area contributed by atoms with Crippen LogP contribution in [0.4, 0.5) is 9.59 Å². The van der Waals surface area contributed by atoms with Crippen molar-refractivity contribution in [2.24, 2.45) is 11.5 Å². The maximum absolute atomic E-state index is 11.2. The summed E-state index contributed by atoms with van der Waals surface area (Å²) in [4.78, 5) is 32.1. The third-order valence-corrected chi connectivity index (χ3v) is 1.15. The van der Waals surface area contributed by atoms with Gasteiger partial charge in [-0.05, 0) is 0 Å². The maximum Gasteiger partial charge on any atom is 0.350 e. The number of nitrogens with two attached hydrogens (primary N) is 2. The van der Waals surface area contributed by atoms with Gasteiger partial charge in [0.15, 0.2) is 0 Å². The number of hydrogen-bond acceptors (Lipinski definition) is 4. The number of esters is 1. The summed E-state index contributed by atoms with van der Waals surface area (Å²) in [7, 11) is 0. The van der Waals surface area contributed by atoms with Crippen LogP contribution >= 0.6 is 0 Å². The van der Waals surface area contributed by atoms with Crippen molar-refractivity contribution in [3.63, 3.8) is 0 Å². The van der Waals surface area contributed by atoms with Crippen LogP contribution in [0.15, 0.2) is 12.7 Å². The van der Waals surface area contributed by atoms with Gasteiger partial charge in [-0.3, -0.25) is 0 Å². The molecule has 0 fully saturated rings. The van der Waals surface area contributed by atoms with Crippen LogP contribution in [-0.4, -0.2) is 30.8 Å². The Balaban J connectivity index is 4.32. The Morgan fingerprint density at radius 1 is 1.27 bits per heavy atom. The first-order valence-corrected chi connectivity index (χ1v) is 3.87. The zero-order valence-corrected chi connectivity index (χ0v) is 7.86. The predicted octanol–water partition coefficient (Wildman–Crippen LogP) is -1.62. The molecule has 0 aliphatic heterocycles. The fraction of sp³-hybridized carbons (Fsp3) is 0.286. The van der Waals surface area contributed by atoms with Crippen LogP contribution in [-0.2, 0) is 9.53 Å². The lowest BCUT2D eigenvalue weighted by molar-refractivity contribution is -0.145. The zero-order chi connectivity index (χ0) is 11.8. The van der Waals surface area contributed by atoms with Gasteiger partial charge in [0.2, 0.25) is 6.17 Å². The van der Waals surface area contributed by atoms with Crippen LogP contribution in [0.5, 0.6) is 0 Å². The molecular weight excluding hydrogens is 204 g/mol. The molecule has 0 aliphatic rings. The molecule has 84 valence electrons. The van der Waals surface area contributed by atoms with Gasteiger partial charge in [-0.1, -0.05) is 12.7 Å². The van der Waals surface area contributed by atoms with Gasteiger partial charge in [-0.25, -0.2) is 14.4 Å². The van der Waals surface area contributed by atoms with Crippen LogP contribution in [0.3, 0.4) is 0 Å². The third-order valence-electron chi connectivity index (χ3n) is 1.15. The first-order chi connectivity index (χ1) is 6.97. The lowest BCUT2D eigenvalue weighted by atomic mass is 10.5. The molecule has 0 saturated carbocycles. The van der Waals surface area contributed by atoms with Crippen LogP contribution < -0.4 is 22.1 Å². The van der Waals surface area contributed by atoms with E-state index in [0.717, 1.165) is 0 Å². The number of nitrogens with one attached hydrogen (secondary N) is 2. The SMILES string of the molecule is C=CCOC(=O)C(NC(N)=O)NC(N)=O. The molecule has 0 heterocycles. The summed E-state index contributed by atoms with van der Waals surface area (Å²) in [6, 6.07) is -1.99. The lowest BCUT2D eigenvalue weighted by Gasteiger charge is -2.15. The highest BCUT2D eigenvalue weighted by atomic mass is 16.5. The number of carbonyl (C=O) groups is 3. The van der Waals surface area contributed by atoms with Crippen molar-refractivity contribution < 1.29 is 19.1 Å². The van der Waals surface area contributed by atoms with E-state index in [9.17, 15) is 14.4 Å². The molecular formula is C7H12N4O4. The Bertz CT molecular complexity index is 262. The Morgan fingerprint density at radius 2 is 1.73 bits per heavy atom. The third kappa shape index (κ3) is 5.91. The number of carbonyl (C=O) groups excluding carboxylic acids is 3. The monoisotopic (exact) mass is 216 g/mol. The van der Waals surface area contributed by atoms with Gasteiger partial charge in [-0.15, -0.1) is 0 Å². The largest absolute Gasteiger partial charge is 0.459 e. The normalized spacial score (nSPS) is 9.13. The van der Waals surface area contributed by atoms with E-state index in [1.165, 1.54) is 6.08 Å². The molecule has 0 bridgehead atoms.